The molecule has 0 spiro atoms. The Morgan fingerprint density at radius 1 is 1.19 bits per heavy atom. The lowest BCUT2D eigenvalue weighted by Gasteiger charge is -2.16. The first-order valence-electron chi connectivity index (χ1n) is 8.09. The van der Waals surface area contributed by atoms with Crippen molar-refractivity contribution in [3.05, 3.63) is 77.1 Å². The highest BCUT2D eigenvalue weighted by Crippen LogP contribution is 2.29. The summed E-state index contributed by atoms with van der Waals surface area (Å²) < 4.78 is 6.71. The van der Waals surface area contributed by atoms with Crippen LogP contribution in [0, 0.1) is 18.3 Å². The summed E-state index contributed by atoms with van der Waals surface area (Å²) in [6.45, 7) is 3.77. The Kier molecular flexibility index (Phi) is 5.30. The molecule has 1 heterocycles. The van der Waals surface area contributed by atoms with E-state index in [2.05, 4.69) is 11.2 Å². The number of alkyl halides is 1. The number of aryl methyl sites for hydroxylation is 1. The molecule has 26 heavy (non-hydrogen) atoms. The fraction of sp³-hybridized carbons (Fsp3) is 0.200. The summed E-state index contributed by atoms with van der Waals surface area (Å²) in [7, 11) is 0. The minimum Gasteiger partial charge on any atom is -0.487 e. The molecule has 0 bridgehead atoms. The fourth-order valence-electron chi connectivity index (χ4n) is 2.64. The third kappa shape index (κ3) is 3.89. The zero-order valence-electron chi connectivity index (χ0n) is 14.5. The normalized spacial score (nSPS) is 13.0. The minimum atomic E-state index is -0.923. The second-order valence-electron chi connectivity index (χ2n) is 6.03. The van der Waals surface area contributed by atoms with Crippen LogP contribution in [-0.4, -0.2) is 14.9 Å². The van der Waals surface area contributed by atoms with Crippen molar-refractivity contribution in [2.45, 2.75) is 24.1 Å². The monoisotopic (exact) mass is 459 g/mol. The van der Waals surface area contributed by atoms with Gasteiger partial charge in [0.15, 0.2) is 0 Å². The summed E-state index contributed by atoms with van der Waals surface area (Å²) in [5.74, 6) is 0.664. The van der Waals surface area contributed by atoms with E-state index < -0.39 is 3.61 Å². The maximum absolute atomic E-state index is 10.0. The van der Waals surface area contributed by atoms with Gasteiger partial charge in [0, 0.05) is 0 Å². The lowest BCUT2D eigenvalue weighted by Crippen LogP contribution is -2.10. The van der Waals surface area contributed by atoms with E-state index in [0.717, 1.165) is 11.3 Å². The highest BCUT2D eigenvalue weighted by molar-refractivity contribution is 14.1. The minimum absolute atomic E-state index is 0.221. The Morgan fingerprint density at radius 3 is 2.42 bits per heavy atom. The van der Waals surface area contributed by atoms with Gasteiger partial charge in [0.1, 0.15) is 27.6 Å². The number of benzene rings is 2. The van der Waals surface area contributed by atoms with Gasteiger partial charge in [-0.25, -0.2) is 4.68 Å². The summed E-state index contributed by atoms with van der Waals surface area (Å²) in [5, 5.41) is 24.0. The fourth-order valence-corrected chi connectivity index (χ4v) is 3.00. The van der Waals surface area contributed by atoms with Crippen molar-refractivity contribution in [1.29, 1.82) is 5.26 Å². The van der Waals surface area contributed by atoms with Crippen LogP contribution < -0.4 is 4.74 Å². The van der Waals surface area contributed by atoms with Gasteiger partial charge in [-0.05, 0) is 66.3 Å². The number of hydrogen-bond donors (Lipinski definition) is 1. The molecule has 3 aromatic rings. The van der Waals surface area contributed by atoms with Crippen LogP contribution in [-0.2, 0) is 10.2 Å². The van der Waals surface area contributed by atoms with Gasteiger partial charge in [-0.1, -0.05) is 30.3 Å². The van der Waals surface area contributed by atoms with Gasteiger partial charge in [0.05, 0.1) is 17.1 Å². The molecule has 0 saturated heterocycles. The van der Waals surface area contributed by atoms with Gasteiger partial charge in [0.25, 0.3) is 0 Å². The Hall–Kier alpha value is -2.37. The predicted molar refractivity (Wildman–Crippen MR) is 107 cm³/mol. The van der Waals surface area contributed by atoms with Crippen LogP contribution in [0.15, 0.2) is 54.6 Å². The van der Waals surface area contributed by atoms with Crippen LogP contribution >= 0.6 is 22.6 Å². The predicted octanol–water partition coefficient (Wildman–Crippen LogP) is 4.23. The highest BCUT2D eigenvalue weighted by Gasteiger charge is 2.19. The quantitative estimate of drug-likeness (QED) is 0.458. The van der Waals surface area contributed by atoms with Crippen molar-refractivity contribution >= 4 is 22.6 Å². The summed E-state index contributed by atoms with van der Waals surface area (Å²) in [4.78, 5) is 0. The van der Waals surface area contributed by atoms with Crippen molar-refractivity contribution in [1.82, 2.24) is 9.78 Å². The molecule has 6 heteroatoms. The third-order valence-corrected chi connectivity index (χ3v) is 4.65. The van der Waals surface area contributed by atoms with E-state index in [1.807, 2.05) is 84.1 Å². The van der Waals surface area contributed by atoms with Crippen molar-refractivity contribution in [3.8, 4) is 17.5 Å². The number of hydrogen-bond acceptors (Lipinski definition) is 4. The zero-order chi connectivity index (χ0) is 18.7. The Morgan fingerprint density at radius 2 is 1.85 bits per heavy atom. The Balaban J connectivity index is 1.87. The number of nitrogens with zero attached hydrogens (tertiary/aromatic N) is 3. The molecule has 3 rings (SSSR count). The summed E-state index contributed by atoms with van der Waals surface area (Å²) in [6.07, 6.45) is 0. The van der Waals surface area contributed by atoms with Gasteiger partial charge in [-0.3, -0.25) is 0 Å². The van der Waals surface area contributed by atoms with E-state index in [4.69, 9.17) is 4.74 Å². The van der Waals surface area contributed by atoms with E-state index in [1.54, 1.807) is 11.6 Å². The molecule has 132 valence electrons. The number of rotatable bonds is 5. The molecule has 1 unspecified atom stereocenters. The van der Waals surface area contributed by atoms with Gasteiger partial charge >= 0.3 is 0 Å². The maximum atomic E-state index is 10.0. The lowest BCUT2D eigenvalue weighted by atomic mass is 10.1. The number of para-hydroxylation sites is 1. The second kappa shape index (κ2) is 7.48. The number of aliphatic hydroxyl groups is 1. The average molecular weight is 459 g/mol. The summed E-state index contributed by atoms with van der Waals surface area (Å²) in [5.41, 5.74) is 3.59. The molecule has 0 amide bonds. The molecular formula is C20H18IN3O2. The SMILES string of the molecule is Cc1nn(-c2ccccc2)c(COc2ccc(C(C)(O)I)cc2)c1C#N. The van der Waals surface area contributed by atoms with E-state index in [9.17, 15) is 10.4 Å². The maximum Gasteiger partial charge on any atom is 0.138 e. The van der Waals surface area contributed by atoms with Crippen LogP contribution in [0.1, 0.15) is 29.4 Å². The van der Waals surface area contributed by atoms with Crippen LogP contribution in [0.25, 0.3) is 5.69 Å². The third-order valence-electron chi connectivity index (χ3n) is 4.03. The summed E-state index contributed by atoms with van der Waals surface area (Å²) in [6, 6.07) is 19.2. The van der Waals surface area contributed by atoms with E-state index in [1.165, 1.54) is 0 Å². The highest BCUT2D eigenvalue weighted by atomic mass is 127. The van der Waals surface area contributed by atoms with Crippen LogP contribution in [0.5, 0.6) is 5.75 Å². The molecule has 1 aromatic heterocycles. The van der Waals surface area contributed by atoms with Gasteiger partial charge < -0.3 is 9.84 Å². The van der Waals surface area contributed by atoms with E-state index in [-0.39, 0.29) is 6.61 Å². The standard InChI is InChI=1S/C20H18IN3O2/c1-14-18(12-22)19(24(23-14)16-6-4-3-5-7-16)13-26-17-10-8-15(9-11-17)20(2,21)25/h3-11,25H,13H2,1-2H3. The van der Waals surface area contributed by atoms with Crippen molar-refractivity contribution in [3.63, 3.8) is 0 Å². The average Bonchev–Trinajstić information content (AvgIpc) is 2.95. The van der Waals surface area contributed by atoms with Crippen molar-refractivity contribution < 1.29 is 9.84 Å². The largest absolute Gasteiger partial charge is 0.487 e. The van der Waals surface area contributed by atoms with Crippen LogP contribution in [0.4, 0.5) is 0 Å². The first-order valence-corrected chi connectivity index (χ1v) is 9.16. The summed E-state index contributed by atoms with van der Waals surface area (Å²) >= 11 is 1.97. The van der Waals surface area contributed by atoms with Crippen LogP contribution in [0.3, 0.4) is 0 Å². The molecule has 0 aliphatic rings. The molecule has 1 atom stereocenters. The molecule has 0 aliphatic heterocycles. The Bertz CT molecular complexity index is 936. The second-order valence-corrected chi connectivity index (χ2v) is 8.13. The van der Waals surface area contributed by atoms with Gasteiger partial charge in [-0.2, -0.15) is 10.4 Å². The zero-order valence-corrected chi connectivity index (χ0v) is 16.6. The van der Waals surface area contributed by atoms with Gasteiger partial charge in [0.2, 0.25) is 0 Å². The lowest BCUT2D eigenvalue weighted by molar-refractivity contribution is 0.178. The molecular weight excluding hydrogens is 441 g/mol. The molecule has 0 radical (unpaired) electrons. The van der Waals surface area contributed by atoms with Crippen molar-refractivity contribution in [2.75, 3.05) is 0 Å². The first-order chi connectivity index (χ1) is 12.4. The molecule has 0 fully saturated rings. The van der Waals surface area contributed by atoms with E-state index >= 15 is 0 Å². The molecule has 0 aliphatic carbocycles. The number of ether oxygens (including phenoxy) is 1. The molecule has 5 nitrogen and oxygen atoms in total. The number of nitriles is 1. The number of halogens is 1. The molecule has 0 saturated carbocycles. The molecule has 1 N–H and O–H groups in total. The Labute approximate surface area is 166 Å². The smallest absolute Gasteiger partial charge is 0.138 e. The van der Waals surface area contributed by atoms with Crippen LogP contribution in [0.2, 0.25) is 0 Å². The molecule has 2 aromatic carbocycles. The van der Waals surface area contributed by atoms with Gasteiger partial charge in [-0.15, -0.1) is 0 Å². The van der Waals surface area contributed by atoms with Crippen molar-refractivity contribution in [2.24, 2.45) is 0 Å². The number of aromatic nitrogens is 2. The van der Waals surface area contributed by atoms with E-state index in [0.29, 0.717) is 22.7 Å². The topological polar surface area (TPSA) is 71.1 Å². The first kappa shape index (κ1) is 18.4.